The van der Waals surface area contributed by atoms with Crippen molar-refractivity contribution in [2.24, 2.45) is 5.92 Å². The summed E-state index contributed by atoms with van der Waals surface area (Å²) in [6.07, 6.45) is 4.24. The standard InChI is InChI=1S/C15H28N2O3/c1-3-6-13(18)10-16-15(20)12-8-5-9-17(11-12)14(19)7-4-2/h12-13,18H,3-11H2,1-2H3,(H,16,20). The Morgan fingerprint density at radius 1 is 1.35 bits per heavy atom. The minimum absolute atomic E-state index is 0.0332. The first kappa shape index (κ1) is 17.0. The average molecular weight is 284 g/mol. The molecule has 2 N–H and O–H groups in total. The van der Waals surface area contributed by atoms with E-state index in [1.807, 2.05) is 13.8 Å². The number of hydrogen-bond acceptors (Lipinski definition) is 3. The maximum Gasteiger partial charge on any atom is 0.224 e. The van der Waals surface area contributed by atoms with Crippen LogP contribution in [0.5, 0.6) is 0 Å². The van der Waals surface area contributed by atoms with Gasteiger partial charge < -0.3 is 15.3 Å². The van der Waals surface area contributed by atoms with Crippen molar-refractivity contribution in [2.75, 3.05) is 19.6 Å². The van der Waals surface area contributed by atoms with Gasteiger partial charge in [-0.2, -0.15) is 0 Å². The second-order valence-corrected chi connectivity index (χ2v) is 5.62. The van der Waals surface area contributed by atoms with Crippen LogP contribution in [0.15, 0.2) is 0 Å². The molecule has 0 aliphatic carbocycles. The molecule has 1 rings (SSSR count). The molecule has 1 heterocycles. The van der Waals surface area contributed by atoms with Crippen LogP contribution in [-0.2, 0) is 9.59 Å². The summed E-state index contributed by atoms with van der Waals surface area (Å²) >= 11 is 0. The number of piperidine rings is 1. The number of aliphatic hydroxyl groups excluding tert-OH is 1. The van der Waals surface area contributed by atoms with Gasteiger partial charge in [-0.25, -0.2) is 0 Å². The number of nitrogens with zero attached hydrogens (tertiary/aromatic N) is 1. The zero-order valence-corrected chi connectivity index (χ0v) is 12.7. The number of nitrogens with one attached hydrogen (secondary N) is 1. The highest BCUT2D eigenvalue weighted by Gasteiger charge is 2.27. The first-order chi connectivity index (χ1) is 9.58. The monoisotopic (exact) mass is 284 g/mol. The topological polar surface area (TPSA) is 69.6 Å². The van der Waals surface area contributed by atoms with Gasteiger partial charge in [0.25, 0.3) is 0 Å². The van der Waals surface area contributed by atoms with E-state index in [1.165, 1.54) is 0 Å². The molecule has 1 aliphatic rings. The number of carbonyl (C=O) groups is 2. The van der Waals surface area contributed by atoms with Gasteiger partial charge in [0.2, 0.25) is 11.8 Å². The van der Waals surface area contributed by atoms with Gasteiger partial charge in [-0.15, -0.1) is 0 Å². The van der Waals surface area contributed by atoms with E-state index >= 15 is 0 Å². The quantitative estimate of drug-likeness (QED) is 0.740. The van der Waals surface area contributed by atoms with Gasteiger partial charge in [0.15, 0.2) is 0 Å². The molecule has 1 aliphatic heterocycles. The van der Waals surface area contributed by atoms with E-state index < -0.39 is 6.10 Å². The largest absolute Gasteiger partial charge is 0.391 e. The summed E-state index contributed by atoms with van der Waals surface area (Å²) in [6, 6.07) is 0. The molecule has 2 amide bonds. The second-order valence-electron chi connectivity index (χ2n) is 5.62. The summed E-state index contributed by atoms with van der Waals surface area (Å²) in [5.74, 6) is -0.0106. The normalized spacial score (nSPS) is 20.6. The van der Waals surface area contributed by atoms with Gasteiger partial charge in [0.05, 0.1) is 12.0 Å². The number of rotatable bonds is 7. The Kier molecular flexibility index (Phi) is 7.59. The minimum Gasteiger partial charge on any atom is -0.391 e. The number of likely N-dealkylation sites (tertiary alicyclic amines) is 1. The maximum atomic E-state index is 12.1. The maximum absolute atomic E-state index is 12.1. The number of hydrogen-bond donors (Lipinski definition) is 2. The van der Waals surface area contributed by atoms with Gasteiger partial charge in [0.1, 0.15) is 0 Å². The molecular formula is C15H28N2O3. The summed E-state index contributed by atoms with van der Waals surface area (Å²) < 4.78 is 0. The molecule has 2 atom stereocenters. The molecule has 5 heteroatoms. The van der Waals surface area contributed by atoms with Gasteiger partial charge in [0, 0.05) is 26.1 Å². The average Bonchev–Trinajstić information content (AvgIpc) is 2.45. The minimum atomic E-state index is -0.467. The lowest BCUT2D eigenvalue weighted by molar-refractivity contribution is -0.135. The van der Waals surface area contributed by atoms with Crippen molar-refractivity contribution in [3.05, 3.63) is 0 Å². The van der Waals surface area contributed by atoms with E-state index in [9.17, 15) is 14.7 Å². The van der Waals surface area contributed by atoms with E-state index in [-0.39, 0.29) is 17.7 Å². The van der Waals surface area contributed by atoms with Crippen molar-refractivity contribution in [3.63, 3.8) is 0 Å². The molecule has 0 radical (unpaired) electrons. The third-order valence-corrected chi connectivity index (χ3v) is 3.74. The molecule has 20 heavy (non-hydrogen) atoms. The Morgan fingerprint density at radius 3 is 2.75 bits per heavy atom. The molecule has 0 aromatic carbocycles. The lowest BCUT2D eigenvalue weighted by Gasteiger charge is -2.32. The summed E-state index contributed by atoms with van der Waals surface area (Å²) in [5.41, 5.74) is 0. The highest BCUT2D eigenvalue weighted by atomic mass is 16.3. The van der Waals surface area contributed by atoms with Gasteiger partial charge >= 0.3 is 0 Å². The SMILES string of the molecule is CCCC(=O)N1CCCC(C(=O)NCC(O)CCC)C1. The Labute approximate surface area is 121 Å². The molecule has 1 saturated heterocycles. The number of carbonyl (C=O) groups excluding carboxylic acids is 2. The van der Waals surface area contributed by atoms with Gasteiger partial charge in [-0.1, -0.05) is 20.3 Å². The second kappa shape index (κ2) is 8.95. The molecule has 2 unspecified atom stereocenters. The molecular weight excluding hydrogens is 256 g/mol. The van der Waals surface area contributed by atoms with E-state index in [4.69, 9.17) is 0 Å². The Morgan fingerprint density at radius 2 is 2.10 bits per heavy atom. The van der Waals surface area contributed by atoms with E-state index in [0.29, 0.717) is 25.9 Å². The van der Waals surface area contributed by atoms with Crippen molar-refractivity contribution in [3.8, 4) is 0 Å². The van der Waals surface area contributed by atoms with Gasteiger partial charge in [-0.3, -0.25) is 9.59 Å². The van der Waals surface area contributed by atoms with Crippen LogP contribution in [0.1, 0.15) is 52.4 Å². The third kappa shape index (κ3) is 5.49. The van der Waals surface area contributed by atoms with Crippen LogP contribution < -0.4 is 5.32 Å². The molecule has 0 aromatic rings. The van der Waals surface area contributed by atoms with Crippen molar-refractivity contribution in [1.29, 1.82) is 0 Å². The van der Waals surface area contributed by atoms with Crippen LogP contribution in [0.25, 0.3) is 0 Å². The van der Waals surface area contributed by atoms with Crippen LogP contribution >= 0.6 is 0 Å². The summed E-state index contributed by atoms with van der Waals surface area (Å²) in [5, 5.41) is 12.4. The van der Waals surface area contributed by atoms with Crippen LogP contribution in [0.2, 0.25) is 0 Å². The van der Waals surface area contributed by atoms with Gasteiger partial charge in [-0.05, 0) is 25.7 Å². The Balaban J connectivity index is 2.38. The zero-order valence-electron chi connectivity index (χ0n) is 12.7. The number of aliphatic hydroxyl groups is 1. The fourth-order valence-electron chi connectivity index (χ4n) is 2.59. The smallest absolute Gasteiger partial charge is 0.224 e. The van der Waals surface area contributed by atoms with E-state index in [0.717, 1.165) is 32.2 Å². The van der Waals surface area contributed by atoms with Crippen molar-refractivity contribution < 1.29 is 14.7 Å². The number of amides is 2. The highest BCUT2D eigenvalue weighted by Crippen LogP contribution is 2.17. The van der Waals surface area contributed by atoms with E-state index in [2.05, 4.69) is 5.32 Å². The fraction of sp³-hybridized carbons (Fsp3) is 0.867. The summed E-state index contributed by atoms with van der Waals surface area (Å²) in [7, 11) is 0. The van der Waals surface area contributed by atoms with Crippen molar-refractivity contribution in [1.82, 2.24) is 10.2 Å². The zero-order chi connectivity index (χ0) is 15.0. The predicted molar refractivity (Wildman–Crippen MR) is 78.1 cm³/mol. The van der Waals surface area contributed by atoms with Crippen LogP contribution in [0.3, 0.4) is 0 Å². The van der Waals surface area contributed by atoms with Crippen LogP contribution in [0.4, 0.5) is 0 Å². The molecule has 5 nitrogen and oxygen atoms in total. The first-order valence-corrected chi connectivity index (χ1v) is 7.82. The molecule has 0 bridgehead atoms. The first-order valence-electron chi connectivity index (χ1n) is 7.82. The Hall–Kier alpha value is -1.10. The molecule has 116 valence electrons. The van der Waals surface area contributed by atoms with Crippen LogP contribution in [0, 0.1) is 5.92 Å². The lowest BCUT2D eigenvalue weighted by atomic mass is 9.96. The Bertz CT molecular complexity index is 320. The molecule has 0 spiro atoms. The molecule has 0 aromatic heterocycles. The lowest BCUT2D eigenvalue weighted by Crippen LogP contribution is -2.46. The predicted octanol–water partition coefficient (Wildman–Crippen LogP) is 1.30. The van der Waals surface area contributed by atoms with Crippen molar-refractivity contribution in [2.45, 2.75) is 58.5 Å². The summed E-state index contributed by atoms with van der Waals surface area (Å²) in [4.78, 5) is 25.7. The molecule has 1 fully saturated rings. The third-order valence-electron chi connectivity index (χ3n) is 3.74. The molecule has 0 saturated carbocycles. The summed E-state index contributed by atoms with van der Waals surface area (Å²) in [6.45, 7) is 5.59. The fourth-order valence-corrected chi connectivity index (χ4v) is 2.59. The van der Waals surface area contributed by atoms with E-state index in [1.54, 1.807) is 4.90 Å². The van der Waals surface area contributed by atoms with Crippen LogP contribution in [-0.4, -0.2) is 47.6 Å². The highest BCUT2D eigenvalue weighted by molar-refractivity contribution is 5.81. The van der Waals surface area contributed by atoms with Crippen molar-refractivity contribution >= 4 is 11.8 Å².